The molecule has 0 spiro atoms. The zero-order valence-electron chi connectivity index (χ0n) is 20.9. The van der Waals surface area contributed by atoms with Crippen molar-refractivity contribution >= 4 is 40.7 Å². The number of para-hydroxylation sites is 1. The minimum Gasteiger partial charge on any atom is -0.486 e. The smallest absolute Gasteiger partial charge is 0.244 e. The predicted octanol–water partition coefficient (Wildman–Crippen LogP) is 6.81. The van der Waals surface area contributed by atoms with Gasteiger partial charge in [-0.1, -0.05) is 29.8 Å². The number of nitrogens with zero attached hydrogens (tertiary/aromatic N) is 1. The number of aryl methyl sites for hydroxylation is 1. The summed E-state index contributed by atoms with van der Waals surface area (Å²) in [6, 6.07) is 19.9. The van der Waals surface area contributed by atoms with Crippen LogP contribution in [-0.4, -0.2) is 28.9 Å². The molecular weight excluding hydrogens is 504 g/mol. The minimum atomic E-state index is -0.195. The fourth-order valence-electron chi connectivity index (χ4n) is 4.70. The average Bonchev–Trinajstić information content (AvgIpc) is 3.59. The number of carbonyl (C=O) groups is 2. The van der Waals surface area contributed by atoms with E-state index < -0.39 is 0 Å². The van der Waals surface area contributed by atoms with Crippen molar-refractivity contribution < 1.29 is 14.3 Å². The van der Waals surface area contributed by atoms with Gasteiger partial charge < -0.3 is 14.6 Å². The van der Waals surface area contributed by atoms with Crippen molar-refractivity contribution in [2.45, 2.75) is 33.3 Å². The Balaban J connectivity index is 1.21. The topological polar surface area (TPSA) is 60.3 Å². The van der Waals surface area contributed by atoms with Crippen molar-refractivity contribution in [3.63, 3.8) is 0 Å². The molecule has 3 heterocycles. The molecule has 37 heavy (non-hydrogen) atoms. The molecule has 0 saturated carbocycles. The highest BCUT2D eigenvalue weighted by molar-refractivity contribution is 7.17. The minimum absolute atomic E-state index is 0.0516. The van der Waals surface area contributed by atoms with Crippen molar-refractivity contribution in [2.24, 2.45) is 0 Å². The second kappa shape index (κ2) is 10.4. The number of fused-ring (bicyclic) bond motifs is 1. The van der Waals surface area contributed by atoms with Crippen molar-refractivity contribution in [3.05, 3.63) is 99.2 Å². The van der Waals surface area contributed by atoms with Crippen LogP contribution in [0.4, 0.5) is 0 Å². The summed E-state index contributed by atoms with van der Waals surface area (Å²) in [7, 11) is 0. The van der Waals surface area contributed by atoms with Gasteiger partial charge in [0.1, 0.15) is 11.9 Å². The van der Waals surface area contributed by atoms with Crippen LogP contribution in [0, 0.1) is 13.8 Å². The summed E-state index contributed by atoms with van der Waals surface area (Å²) >= 11 is 7.98. The molecule has 1 N–H and O–H groups in total. The monoisotopic (exact) mass is 530 g/mol. The van der Waals surface area contributed by atoms with E-state index in [-0.39, 0.29) is 17.8 Å². The van der Waals surface area contributed by atoms with Crippen LogP contribution >= 0.6 is 22.9 Å². The number of hydrogen-bond donors (Lipinski definition) is 1. The van der Waals surface area contributed by atoms with Gasteiger partial charge in [-0.15, -0.1) is 11.3 Å². The highest BCUT2D eigenvalue weighted by Crippen LogP contribution is 2.41. The molecular formula is C30H27ClN2O3S. The number of amides is 1. The molecule has 1 atom stereocenters. The van der Waals surface area contributed by atoms with Gasteiger partial charge in [-0.3, -0.25) is 9.59 Å². The second-order valence-corrected chi connectivity index (χ2v) is 10.7. The van der Waals surface area contributed by atoms with E-state index in [1.807, 2.05) is 42.5 Å². The van der Waals surface area contributed by atoms with Crippen molar-refractivity contribution in [1.29, 1.82) is 0 Å². The van der Waals surface area contributed by atoms with Crippen LogP contribution in [0.15, 0.2) is 66.7 Å². The predicted molar refractivity (Wildman–Crippen MR) is 150 cm³/mol. The van der Waals surface area contributed by atoms with E-state index in [2.05, 4.69) is 48.0 Å². The van der Waals surface area contributed by atoms with Crippen LogP contribution in [0.5, 0.6) is 5.75 Å². The summed E-state index contributed by atoms with van der Waals surface area (Å²) in [5.41, 5.74) is 6.25. The average molecular weight is 531 g/mol. The standard InChI is InChI=1S/C30H27ClN2O3S/c1-18-13-21(19(2)33(18)24-7-5-4-6-8-24)9-12-29(35)32-17-25-15-23-14-22(16-26(31)30(23)36-25)28-11-10-27(37-28)20(3)34/h4-14,16,25H,15,17H2,1-3H3,(H,32,35)/b12-9+. The number of rotatable bonds is 7. The van der Waals surface area contributed by atoms with Gasteiger partial charge in [-0.2, -0.15) is 0 Å². The third-order valence-electron chi connectivity index (χ3n) is 6.49. The Morgan fingerprint density at radius 1 is 1.14 bits per heavy atom. The van der Waals surface area contributed by atoms with Gasteiger partial charge in [-0.25, -0.2) is 0 Å². The van der Waals surface area contributed by atoms with Crippen molar-refractivity contribution in [2.75, 3.05) is 6.54 Å². The highest BCUT2D eigenvalue weighted by Gasteiger charge is 2.26. The number of Topliss-reactive ketones (excluding diaryl/α,β-unsaturated/α-hetero) is 1. The van der Waals surface area contributed by atoms with Gasteiger partial charge in [0.15, 0.2) is 5.78 Å². The fourth-order valence-corrected chi connectivity index (χ4v) is 5.87. The maximum Gasteiger partial charge on any atom is 0.244 e. The van der Waals surface area contributed by atoms with Crippen LogP contribution in [0.2, 0.25) is 5.02 Å². The van der Waals surface area contributed by atoms with Gasteiger partial charge in [0, 0.05) is 40.0 Å². The molecule has 1 unspecified atom stereocenters. The van der Waals surface area contributed by atoms with Crippen LogP contribution in [-0.2, 0) is 11.2 Å². The molecule has 5 nitrogen and oxygen atoms in total. The van der Waals surface area contributed by atoms with Gasteiger partial charge in [0.25, 0.3) is 0 Å². The van der Waals surface area contributed by atoms with Gasteiger partial charge in [-0.05, 0) is 80.4 Å². The highest BCUT2D eigenvalue weighted by atomic mass is 35.5. The molecule has 2 aromatic carbocycles. The van der Waals surface area contributed by atoms with Crippen LogP contribution in [0.1, 0.15) is 39.1 Å². The normalized spacial score (nSPS) is 14.5. The molecule has 7 heteroatoms. The third kappa shape index (κ3) is 5.26. The third-order valence-corrected chi connectivity index (χ3v) is 8.01. The maximum absolute atomic E-state index is 12.6. The van der Waals surface area contributed by atoms with Crippen molar-refractivity contribution in [1.82, 2.24) is 9.88 Å². The van der Waals surface area contributed by atoms with Gasteiger partial charge >= 0.3 is 0 Å². The second-order valence-electron chi connectivity index (χ2n) is 9.19. The molecule has 1 aliphatic rings. The summed E-state index contributed by atoms with van der Waals surface area (Å²) in [6.07, 6.45) is 3.87. The van der Waals surface area contributed by atoms with E-state index in [1.165, 1.54) is 11.3 Å². The number of ether oxygens (including phenoxy) is 1. The lowest BCUT2D eigenvalue weighted by Crippen LogP contribution is -2.33. The lowest BCUT2D eigenvalue weighted by molar-refractivity contribution is -0.116. The molecule has 2 aromatic heterocycles. The Hall–Kier alpha value is -3.61. The quantitative estimate of drug-likeness (QED) is 0.211. The first kappa shape index (κ1) is 25.1. The van der Waals surface area contributed by atoms with Crippen LogP contribution in [0.25, 0.3) is 22.2 Å². The Morgan fingerprint density at radius 2 is 1.92 bits per heavy atom. The SMILES string of the molecule is CC(=O)c1ccc(-c2cc(Cl)c3c(c2)CC(CNC(=O)/C=C/c2cc(C)n(-c4ccccc4)c2C)O3)s1. The lowest BCUT2D eigenvalue weighted by Gasteiger charge is -2.11. The molecule has 5 rings (SSSR count). The molecule has 0 saturated heterocycles. The summed E-state index contributed by atoms with van der Waals surface area (Å²) in [4.78, 5) is 25.9. The Morgan fingerprint density at radius 3 is 2.65 bits per heavy atom. The fraction of sp³-hybridized carbons (Fsp3) is 0.200. The van der Waals surface area contributed by atoms with Crippen LogP contribution in [0.3, 0.4) is 0 Å². The number of hydrogen-bond acceptors (Lipinski definition) is 4. The van der Waals surface area contributed by atoms with Crippen molar-refractivity contribution in [3.8, 4) is 21.9 Å². The number of nitrogens with one attached hydrogen (secondary N) is 1. The van der Waals surface area contributed by atoms with E-state index in [0.29, 0.717) is 23.7 Å². The van der Waals surface area contributed by atoms with E-state index in [1.54, 1.807) is 13.0 Å². The summed E-state index contributed by atoms with van der Waals surface area (Å²) < 4.78 is 8.22. The molecule has 4 aromatic rings. The number of halogens is 1. The molecule has 0 aliphatic carbocycles. The number of benzene rings is 2. The summed E-state index contributed by atoms with van der Waals surface area (Å²) in [5, 5.41) is 3.48. The molecule has 1 aliphatic heterocycles. The molecule has 0 radical (unpaired) electrons. The summed E-state index contributed by atoms with van der Waals surface area (Å²) in [6.45, 7) is 6.05. The van der Waals surface area contributed by atoms with Crippen LogP contribution < -0.4 is 10.1 Å². The largest absolute Gasteiger partial charge is 0.486 e. The van der Waals surface area contributed by atoms with E-state index in [9.17, 15) is 9.59 Å². The Kier molecular flexibility index (Phi) is 7.04. The number of carbonyl (C=O) groups excluding carboxylic acids is 2. The first-order valence-electron chi connectivity index (χ1n) is 12.1. The molecule has 1 amide bonds. The van der Waals surface area contributed by atoms with E-state index in [4.69, 9.17) is 16.3 Å². The number of aromatic nitrogens is 1. The van der Waals surface area contributed by atoms with E-state index in [0.717, 1.165) is 43.5 Å². The van der Waals surface area contributed by atoms with Gasteiger partial charge in [0.05, 0.1) is 16.4 Å². The number of ketones is 1. The van der Waals surface area contributed by atoms with E-state index >= 15 is 0 Å². The zero-order chi connectivity index (χ0) is 26.1. The first-order valence-corrected chi connectivity index (χ1v) is 13.3. The maximum atomic E-state index is 12.6. The summed E-state index contributed by atoms with van der Waals surface area (Å²) in [5.74, 6) is 0.541. The zero-order valence-corrected chi connectivity index (χ0v) is 22.5. The lowest BCUT2D eigenvalue weighted by atomic mass is 10.1. The first-order chi connectivity index (χ1) is 17.8. The Bertz CT molecular complexity index is 1520. The molecule has 0 bridgehead atoms. The van der Waals surface area contributed by atoms with Gasteiger partial charge in [0.2, 0.25) is 5.91 Å². The molecule has 188 valence electrons. The number of thiophene rings is 1. The Labute approximate surface area is 225 Å². The molecule has 0 fully saturated rings.